The van der Waals surface area contributed by atoms with Crippen molar-refractivity contribution in [2.75, 3.05) is 0 Å². The van der Waals surface area contributed by atoms with Crippen molar-refractivity contribution in [1.82, 2.24) is 0 Å². The van der Waals surface area contributed by atoms with Crippen LogP contribution in [0.5, 0.6) is 0 Å². The van der Waals surface area contributed by atoms with Crippen LogP contribution in [-0.2, 0) is 9.59 Å². The zero-order valence-corrected chi connectivity index (χ0v) is 15.9. The molecule has 0 aromatic rings. The van der Waals surface area contributed by atoms with Crippen molar-refractivity contribution in [3.63, 3.8) is 0 Å². The number of carbonyl (C=O) groups excluding carboxylic acids is 2. The number of hydrogen-bond donors (Lipinski definition) is 0. The molecule has 130 valence electrons. The Kier molecular flexibility index (Phi) is 2.89. The number of alkyl halides is 2. The molecule has 0 spiro atoms. The van der Waals surface area contributed by atoms with Gasteiger partial charge in [-0.15, -0.1) is 0 Å². The fourth-order valence-corrected chi connectivity index (χ4v) is 8.30. The summed E-state index contributed by atoms with van der Waals surface area (Å²) in [6.45, 7) is 4.19. The van der Waals surface area contributed by atoms with Crippen LogP contribution in [0.3, 0.4) is 0 Å². The van der Waals surface area contributed by atoms with E-state index in [1.807, 2.05) is 6.92 Å². The Balaban J connectivity index is 1.65. The van der Waals surface area contributed by atoms with Gasteiger partial charge in [0, 0.05) is 23.2 Å². The quantitative estimate of drug-likeness (QED) is 0.570. The molecule has 5 rings (SSSR count). The number of fused-ring (bicyclic) bond motifs is 7. The summed E-state index contributed by atoms with van der Waals surface area (Å²) in [5, 5.41) is 0. The van der Waals surface area contributed by atoms with Gasteiger partial charge in [-0.1, -0.05) is 35.4 Å². The minimum Gasteiger partial charge on any atom is -0.299 e. The second-order valence-corrected chi connectivity index (χ2v) is 10.7. The summed E-state index contributed by atoms with van der Waals surface area (Å²) in [7, 11) is 0. The third-order valence-electron chi connectivity index (χ3n) is 8.45. The van der Waals surface area contributed by atoms with Crippen molar-refractivity contribution in [2.24, 2.45) is 34.5 Å². The number of halogens is 2. The van der Waals surface area contributed by atoms with Crippen LogP contribution in [0, 0.1) is 34.5 Å². The van der Waals surface area contributed by atoms with E-state index in [0.717, 1.165) is 31.3 Å². The highest BCUT2D eigenvalue weighted by Crippen LogP contribution is 2.75. The van der Waals surface area contributed by atoms with Gasteiger partial charge in [-0.3, -0.25) is 9.59 Å². The molecule has 0 radical (unpaired) electrons. The fraction of sp³-hybridized carbons (Fsp3) is 0.800. The third kappa shape index (κ3) is 1.54. The fourth-order valence-electron chi connectivity index (χ4n) is 7.17. The van der Waals surface area contributed by atoms with E-state index < -0.39 is 15.9 Å². The molecule has 24 heavy (non-hydrogen) atoms. The van der Waals surface area contributed by atoms with Gasteiger partial charge in [0.05, 0.1) is 4.32 Å². The molecule has 5 aliphatic rings. The van der Waals surface area contributed by atoms with Crippen molar-refractivity contribution in [3.8, 4) is 0 Å². The summed E-state index contributed by atoms with van der Waals surface area (Å²) in [4.78, 5) is 24.7. The first-order chi connectivity index (χ1) is 11.2. The van der Waals surface area contributed by atoms with Gasteiger partial charge in [0.25, 0.3) is 0 Å². The van der Waals surface area contributed by atoms with E-state index in [1.165, 1.54) is 0 Å². The van der Waals surface area contributed by atoms with Crippen molar-refractivity contribution < 1.29 is 14.0 Å². The van der Waals surface area contributed by atoms with Crippen LogP contribution in [0.2, 0.25) is 0 Å². The van der Waals surface area contributed by atoms with Gasteiger partial charge in [0.15, 0.2) is 5.78 Å². The van der Waals surface area contributed by atoms with Crippen LogP contribution in [-0.4, -0.2) is 22.1 Å². The number of carbonyl (C=O) groups is 2. The molecule has 8 atom stereocenters. The van der Waals surface area contributed by atoms with Gasteiger partial charge in [-0.25, -0.2) is 4.39 Å². The monoisotopic (exact) mass is 394 g/mol. The molecule has 0 saturated heterocycles. The smallest absolute Gasteiger partial charge is 0.155 e. The topological polar surface area (TPSA) is 34.1 Å². The van der Waals surface area contributed by atoms with E-state index in [0.29, 0.717) is 30.5 Å². The summed E-state index contributed by atoms with van der Waals surface area (Å²) < 4.78 is 15.1. The highest BCUT2D eigenvalue weighted by molar-refractivity contribution is 9.10. The molecule has 4 heteroatoms. The Hall–Kier alpha value is -0.510. The molecule has 0 bridgehead atoms. The Morgan fingerprint density at radius 3 is 2.75 bits per heavy atom. The predicted octanol–water partition coefficient (Wildman–Crippen LogP) is 4.41. The van der Waals surface area contributed by atoms with E-state index in [1.54, 1.807) is 6.08 Å². The highest BCUT2D eigenvalue weighted by Gasteiger charge is 2.76. The van der Waals surface area contributed by atoms with Crippen LogP contribution < -0.4 is 0 Å². The first kappa shape index (κ1) is 15.7. The molecule has 0 amide bonds. The predicted molar refractivity (Wildman–Crippen MR) is 92.5 cm³/mol. The van der Waals surface area contributed by atoms with Gasteiger partial charge in [-0.05, 0) is 55.9 Å². The molecule has 0 N–H and O–H groups in total. The number of allylic oxidation sites excluding steroid dienone is 1. The molecule has 4 fully saturated rings. The van der Waals surface area contributed by atoms with Gasteiger partial charge < -0.3 is 0 Å². The zero-order valence-electron chi connectivity index (χ0n) is 14.3. The van der Waals surface area contributed by atoms with E-state index in [2.05, 4.69) is 22.9 Å². The zero-order chi connectivity index (χ0) is 17.1. The number of hydrogen-bond acceptors (Lipinski definition) is 2. The molecular formula is C20H24BrFO2. The van der Waals surface area contributed by atoms with E-state index >= 15 is 4.39 Å². The summed E-state index contributed by atoms with van der Waals surface area (Å²) in [5.74, 6) is 1.72. The van der Waals surface area contributed by atoms with Crippen LogP contribution in [0.15, 0.2) is 11.6 Å². The Labute approximate surface area is 150 Å². The van der Waals surface area contributed by atoms with Gasteiger partial charge in [0.2, 0.25) is 0 Å². The van der Waals surface area contributed by atoms with Crippen molar-refractivity contribution >= 4 is 27.5 Å². The largest absolute Gasteiger partial charge is 0.299 e. The van der Waals surface area contributed by atoms with E-state index in [9.17, 15) is 9.59 Å². The van der Waals surface area contributed by atoms with Crippen LogP contribution in [0.25, 0.3) is 0 Å². The molecule has 2 nitrogen and oxygen atoms in total. The van der Waals surface area contributed by atoms with Crippen LogP contribution in [0.1, 0.15) is 52.4 Å². The third-order valence-corrected chi connectivity index (χ3v) is 10.4. The molecule has 4 saturated carbocycles. The summed E-state index contributed by atoms with van der Waals surface area (Å²) >= 11 is 3.94. The summed E-state index contributed by atoms with van der Waals surface area (Å²) in [6, 6.07) is 0. The second-order valence-electron chi connectivity index (χ2n) is 9.37. The lowest BCUT2D eigenvalue weighted by molar-refractivity contribution is -0.139. The lowest BCUT2D eigenvalue weighted by Gasteiger charge is -2.63. The molecule has 0 aromatic heterocycles. The first-order valence-corrected chi connectivity index (χ1v) is 10.1. The molecular weight excluding hydrogens is 371 g/mol. The molecule has 0 aromatic carbocycles. The molecule has 0 aliphatic heterocycles. The van der Waals surface area contributed by atoms with Crippen LogP contribution in [0.4, 0.5) is 4.39 Å². The van der Waals surface area contributed by atoms with Gasteiger partial charge >= 0.3 is 0 Å². The lowest BCUT2D eigenvalue weighted by atomic mass is 9.46. The number of rotatable bonds is 0. The van der Waals surface area contributed by atoms with Crippen molar-refractivity contribution in [2.45, 2.75) is 62.9 Å². The normalized spacial score (nSPS) is 58.3. The summed E-state index contributed by atoms with van der Waals surface area (Å²) in [5.41, 5.74) is 0.368. The Morgan fingerprint density at radius 1 is 1.25 bits per heavy atom. The van der Waals surface area contributed by atoms with Gasteiger partial charge in [-0.2, -0.15) is 0 Å². The van der Waals surface area contributed by atoms with Crippen molar-refractivity contribution in [1.29, 1.82) is 0 Å². The SMILES string of the molecule is C[C@]12CCC(=O)C=C1CC[C@H]1[C@@H]3[C@H]4C[C@@H]4C(=O)[C@@]3(C)C[C@H](F)[C@@]12Br. The average molecular weight is 395 g/mol. The molecule has 0 unspecified atom stereocenters. The maximum absolute atomic E-state index is 15.7. The number of Topliss-reactive ketones (excluding diaryl/α,β-unsaturated/α-hetero) is 1. The minimum absolute atomic E-state index is 0.186. The second kappa shape index (κ2) is 4.42. The maximum Gasteiger partial charge on any atom is 0.155 e. The van der Waals surface area contributed by atoms with Crippen LogP contribution >= 0.6 is 15.9 Å². The lowest BCUT2D eigenvalue weighted by Crippen LogP contribution is -2.65. The molecule has 5 aliphatic carbocycles. The molecule has 0 heterocycles. The van der Waals surface area contributed by atoms with Gasteiger partial charge in [0.1, 0.15) is 12.0 Å². The number of ketones is 2. The average Bonchev–Trinajstić information content (AvgIpc) is 3.26. The van der Waals surface area contributed by atoms with E-state index in [4.69, 9.17) is 0 Å². The Morgan fingerprint density at radius 2 is 2.00 bits per heavy atom. The maximum atomic E-state index is 15.7. The Bertz CT molecular complexity index is 702. The van der Waals surface area contributed by atoms with Crippen molar-refractivity contribution in [3.05, 3.63) is 11.6 Å². The minimum atomic E-state index is -1.04. The highest BCUT2D eigenvalue weighted by atomic mass is 79.9. The summed E-state index contributed by atoms with van der Waals surface area (Å²) in [6.07, 6.45) is 5.15. The first-order valence-electron chi connectivity index (χ1n) is 9.34. The van der Waals surface area contributed by atoms with E-state index in [-0.39, 0.29) is 23.0 Å². The standard InChI is InChI=1S/C20H24BrFO2/c1-18-9-15(22)20(21)14(16(18)12-8-13(12)17(18)24)4-3-10-7-11(23)5-6-19(10,20)2/h7,12-16H,3-6,8-9H2,1-2H3/t12-,13-,14-,15-,16-,18-,19-,20-/m0/s1.